The maximum atomic E-state index is 12.1. The number of thiophene rings is 1. The average molecular weight is 350 g/mol. The molecule has 0 aliphatic carbocycles. The molecule has 3 aromatic rings. The molecule has 1 N–H and O–H groups in total. The largest absolute Gasteiger partial charge is 0.450 e. The minimum Gasteiger partial charge on any atom is -0.450 e. The third kappa shape index (κ3) is 2.51. The fourth-order valence-electron chi connectivity index (χ4n) is 1.97. The van der Waals surface area contributed by atoms with Crippen molar-refractivity contribution in [3.8, 4) is 0 Å². The van der Waals surface area contributed by atoms with Crippen LogP contribution in [0.5, 0.6) is 0 Å². The first-order valence-electron chi connectivity index (χ1n) is 6.14. The van der Waals surface area contributed by atoms with Gasteiger partial charge in [-0.15, -0.1) is 11.3 Å². The highest BCUT2D eigenvalue weighted by atomic mass is 79.9. The molecule has 3 nitrogen and oxygen atoms in total. The normalized spacial score (nSPS) is 10.9. The molecule has 1 amide bonds. The first-order valence-corrected chi connectivity index (χ1v) is 7.81. The lowest BCUT2D eigenvalue weighted by atomic mass is 10.2. The van der Waals surface area contributed by atoms with E-state index in [0.29, 0.717) is 17.9 Å². The first-order chi connectivity index (χ1) is 9.65. The molecule has 0 bridgehead atoms. The summed E-state index contributed by atoms with van der Waals surface area (Å²) < 4.78 is 6.46. The van der Waals surface area contributed by atoms with Gasteiger partial charge in [0.1, 0.15) is 5.58 Å². The van der Waals surface area contributed by atoms with E-state index in [1.54, 1.807) is 17.4 Å². The van der Waals surface area contributed by atoms with Gasteiger partial charge in [0.15, 0.2) is 5.76 Å². The van der Waals surface area contributed by atoms with Gasteiger partial charge < -0.3 is 9.73 Å². The third-order valence-corrected chi connectivity index (χ3v) is 4.74. The van der Waals surface area contributed by atoms with Gasteiger partial charge in [-0.1, -0.05) is 12.1 Å². The third-order valence-electron chi connectivity index (χ3n) is 3.10. The van der Waals surface area contributed by atoms with Gasteiger partial charge in [0, 0.05) is 10.3 Å². The van der Waals surface area contributed by atoms with Crippen LogP contribution in [0.15, 0.2) is 44.6 Å². The molecule has 0 radical (unpaired) electrons. The quantitative estimate of drug-likeness (QED) is 0.756. The molecule has 20 heavy (non-hydrogen) atoms. The Morgan fingerprint density at radius 2 is 2.25 bits per heavy atom. The van der Waals surface area contributed by atoms with Crippen molar-refractivity contribution < 1.29 is 9.21 Å². The summed E-state index contributed by atoms with van der Waals surface area (Å²) in [7, 11) is 0. The van der Waals surface area contributed by atoms with Gasteiger partial charge in [-0.2, -0.15) is 0 Å². The molecular weight excluding hydrogens is 338 g/mol. The summed E-state index contributed by atoms with van der Waals surface area (Å²) >= 11 is 5.06. The van der Waals surface area contributed by atoms with Crippen molar-refractivity contribution in [3.63, 3.8) is 0 Å². The van der Waals surface area contributed by atoms with E-state index in [4.69, 9.17) is 4.42 Å². The van der Waals surface area contributed by atoms with E-state index in [9.17, 15) is 4.79 Å². The lowest BCUT2D eigenvalue weighted by Gasteiger charge is -2.02. The Hall–Kier alpha value is -1.59. The van der Waals surface area contributed by atoms with Crippen molar-refractivity contribution in [3.05, 3.63) is 56.4 Å². The van der Waals surface area contributed by atoms with Gasteiger partial charge in [-0.3, -0.25) is 4.79 Å². The second kappa shape index (κ2) is 5.42. The summed E-state index contributed by atoms with van der Waals surface area (Å²) in [6.45, 7) is 2.57. The topological polar surface area (TPSA) is 42.2 Å². The molecule has 0 aliphatic rings. The van der Waals surface area contributed by atoms with E-state index in [1.807, 2.05) is 36.6 Å². The molecule has 1 aromatic carbocycles. The standard InChI is InChI=1S/C15H12BrNO2S/c1-9-5-6-20-13(9)8-17-15(18)12-7-10-3-2-4-11(16)14(10)19-12/h2-7H,8H2,1H3,(H,17,18). The molecule has 0 aliphatic heterocycles. The van der Waals surface area contributed by atoms with Crippen LogP contribution in [0.25, 0.3) is 11.0 Å². The first kappa shape index (κ1) is 13.4. The molecule has 3 rings (SSSR count). The monoisotopic (exact) mass is 349 g/mol. The number of halogens is 1. The number of amides is 1. The summed E-state index contributed by atoms with van der Waals surface area (Å²) in [6.07, 6.45) is 0. The van der Waals surface area contributed by atoms with Crippen LogP contribution in [0, 0.1) is 6.92 Å². The zero-order valence-corrected chi connectivity index (χ0v) is 13.2. The minimum atomic E-state index is -0.194. The second-order valence-electron chi connectivity index (χ2n) is 4.48. The summed E-state index contributed by atoms with van der Waals surface area (Å²) in [5.41, 5.74) is 1.90. The number of carbonyl (C=O) groups is 1. The second-order valence-corrected chi connectivity index (χ2v) is 6.33. The SMILES string of the molecule is Cc1ccsc1CNC(=O)c1cc2cccc(Br)c2o1. The molecule has 0 fully saturated rings. The van der Waals surface area contributed by atoms with Crippen molar-refractivity contribution in [1.29, 1.82) is 0 Å². The van der Waals surface area contributed by atoms with Crippen LogP contribution in [-0.4, -0.2) is 5.91 Å². The predicted octanol–water partition coefficient (Wildman–Crippen LogP) is 4.50. The Bertz CT molecular complexity index is 775. The van der Waals surface area contributed by atoms with Crippen LogP contribution >= 0.6 is 27.3 Å². The number of nitrogens with one attached hydrogen (secondary N) is 1. The lowest BCUT2D eigenvalue weighted by molar-refractivity contribution is 0.0925. The number of rotatable bonds is 3. The van der Waals surface area contributed by atoms with Crippen molar-refractivity contribution in [1.82, 2.24) is 5.32 Å². The Morgan fingerprint density at radius 3 is 2.95 bits per heavy atom. The van der Waals surface area contributed by atoms with E-state index in [1.165, 1.54) is 5.56 Å². The van der Waals surface area contributed by atoms with E-state index < -0.39 is 0 Å². The van der Waals surface area contributed by atoms with Gasteiger partial charge in [0.05, 0.1) is 11.0 Å². The Kier molecular flexibility index (Phi) is 3.63. The van der Waals surface area contributed by atoms with Crippen molar-refractivity contribution in [2.75, 3.05) is 0 Å². The van der Waals surface area contributed by atoms with E-state index in [0.717, 1.165) is 14.7 Å². The van der Waals surface area contributed by atoms with Crippen molar-refractivity contribution >= 4 is 44.1 Å². The molecule has 2 aromatic heterocycles. The Balaban J connectivity index is 1.79. The maximum absolute atomic E-state index is 12.1. The smallest absolute Gasteiger partial charge is 0.287 e. The van der Waals surface area contributed by atoms with Crippen LogP contribution in [0.4, 0.5) is 0 Å². The summed E-state index contributed by atoms with van der Waals surface area (Å²) in [4.78, 5) is 13.3. The fourth-order valence-corrected chi connectivity index (χ4v) is 3.28. The van der Waals surface area contributed by atoms with Gasteiger partial charge in [0.2, 0.25) is 0 Å². The zero-order chi connectivity index (χ0) is 14.1. The number of hydrogen-bond acceptors (Lipinski definition) is 3. The molecule has 2 heterocycles. The molecule has 0 saturated carbocycles. The average Bonchev–Trinajstić information content (AvgIpc) is 3.03. The Labute approximate surface area is 128 Å². The summed E-state index contributed by atoms with van der Waals surface area (Å²) in [6, 6.07) is 9.53. The number of benzene rings is 1. The number of furan rings is 1. The molecule has 5 heteroatoms. The van der Waals surface area contributed by atoms with Gasteiger partial charge in [-0.05, 0) is 52.0 Å². The summed E-state index contributed by atoms with van der Waals surface area (Å²) in [5.74, 6) is 0.141. The molecule has 102 valence electrons. The van der Waals surface area contributed by atoms with E-state index in [2.05, 4.69) is 21.2 Å². The van der Waals surface area contributed by atoms with Crippen LogP contribution in [0.1, 0.15) is 21.0 Å². The highest BCUT2D eigenvalue weighted by Crippen LogP contribution is 2.27. The zero-order valence-electron chi connectivity index (χ0n) is 10.8. The van der Waals surface area contributed by atoms with Gasteiger partial charge >= 0.3 is 0 Å². The number of carbonyl (C=O) groups excluding carboxylic acids is 1. The van der Waals surface area contributed by atoms with Crippen LogP contribution in [0.2, 0.25) is 0 Å². The number of para-hydroxylation sites is 1. The molecular formula is C15H12BrNO2S. The van der Waals surface area contributed by atoms with E-state index in [-0.39, 0.29) is 5.91 Å². The van der Waals surface area contributed by atoms with Crippen LogP contribution in [-0.2, 0) is 6.54 Å². The highest BCUT2D eigenvalue weighted by Gasteiger charge is 2.13. The number of aryl methyl sites for hydroxylation is 1. The van der Waals surface area contributed by atoms with Crippen molar-refractivity contribution in [2.45, 2.75) is 13.5 Å². The summed E-state index contributed by atoms with van der Waals surface area (Å²) in [5, 5.41) is 5.82. The number of hydrogen-bond donors (Lipinski definition) is 1. The van der Waals surface area contributed by atoms with Gasteiger partial charge in [0.25, 0.3) is 5.91 Å². The molecule has 0 spiro atoms. The molecule has 0 saturated heterocycles. The Morgan fingerprint density at radius 1 is 1.40 bits per heavy atom. The van der Waals surface area contributed by atoms with Crippen LogP contribution < -0.4 is 5.32 Å². The fraction of sp³-hybridized carbons (Fsp3) is 0.133. The number of fused-ring (bicyclic) bond motifs is 1. The molecule has 0 atom stereocenters. The van der Waals surface area contributed by atoms with E-state index >= 15 is 0 Å². The predicted molar refractivity (Wildman–Crippen MR) is 84.1 cm³/mol. The van der Waals surface area contributed by atoms with Crippen LogP contribution in [0.3, 0.4) is 0 Å². The lowest BCUT2D eigenvalue weighted by Crippen LogP contribution is -2.22. The highest BCUT2D eigenvalue weighted by molar-refractivity contribution is 9.10. The maximum Gasteiger partial charge on any atom is 0.287 e. The van der Waals surface area contributed by atoms with Crippen molar-refractivity contribution in [2.24, 2.45) is 0 Å². The van der Waals surface area contributed by atoms with Gasteiger partial charge in [-0.25, -0.2) is 0 Å². The minimum absolute atomic E-state index is 0.194. The molecule has 0 unspecified atom stereocenters.